The molecular weight excluding hydrogens is 291 g/mol. The topological polar surface area (TPSA) is 87.3 Å². The Morgan fingerprint density at radius 2 is 1.57 bits per heavy atom. The molecule has 0 fully saturated rings. The van der Waals surface area contributed by atoms with E-state index in [1.807, 2.05) is 5.32 Å². The summed E-state index contributed by atoms with van der Waals surface area (Å²) in [5.41, 5.74) is -0.657. The fourth-order valence-electron chi connectivity index (χ4n) is 1.30. The van der Waals surface area contributed by atoms with Gasteiger partial charge in [-0.05, 0) is 12.1 Å². The van der Waals surface area contributed by atoms with Gasteiger partial charge in [-0.25, -0.2) is 13.2 Å². The second-order valence-electron chi connectivity index (χ2n) is 3.92. The molecule has 0 atom stereocenters. The standard InChI is InChI=1S/C12H12F3N3O3/c1-6(19)16-4-5-17-11(20)12(21)18-8-3-2-7(13)9(14)10(8)15/h2-3H,4-5H2,1H3,(H,16,19)(H,17,20)(H,18,21). The molecule has 3 amide bonds. The monoisotopic (exact) mass is 303 g/mol. The average molecular weight is 303 g/mol. The van der Waals surface area contributed by atoms with Crippen molar-refractivity contribution in [3.05, 3.63) is 29.6 Å². The van der Waals surface area contributed by atoms with Crippen LogP contribution in [0.1, 0.15) is 6.92 Å². The van der Waals surface area contributed by atoms with Crippen molar-refractivity contribution in [2.24, 2.45) is 0 Å². The lowest BCUT2D eigenvalue weighted by molar-refractivity contribution is -0.136. The Bertz CT molecular complexity index is 578. The van der Waals surface area contributed by atoms with Crippen LogP contribution in [0, 0.1) is 17.5 Å². The van der Waals surface area contributed by atoms with Crippen molar-refractivity contribution in [3.8, 4) is 0 Å². The van der Waals surface area contributed by atoms with E-state index >= 15 is 0 Å². The molecule has 0 spiro atoms. The minimum absolute atomic E-state index is 0.0217. The van der Waals surface area contributed by atoms with Gasteiger partial charge in [0.25, 0.3) is 0 Å². The van der Waals surface area contributed by atoms with Gasteiger partial charge in [0.05, 0.1) is 5.69 Å². The quantitative estimate of drug-likeness (QED) is 0.424. The van der Waals surface area contributed by atoms with Crippen LogP contribution in [0.3, 0.4) is 0 Å². The van der Waals surface area contributed by atoms with Gasteiger partial charge in [0.15, 0.2) is 17.5 Å². The third-order valence-corrected chi connectivity index (χ3v) is 2.27. The van der Waals surface area contributed by atoms with Crippen LogP contribution in [0.25, 0.3) is 0 Å². The average Bonchev–Trinajstić information content (AvgIpc) is 2.43. The number of hydrogen-bond donors (Lipinski definition) is 3. The molecular formula is C12H12F3N3O3. The Morgan fingerprint density at radius 3 is 2.19 bits per heavy atom. The lowest BCUT2D eigenvalue weighted by Gasteiger charge is -2.08. The number of anilines is 1. The zero-order valence-electron chi connectivity index (χ0n) is 10.9. The molecule has 21 heavy (non-hydrogen) atoms. The lowest BCUT2D eigenvalue weighted by atomic mass is 10.2. The first-order valence-corrected chi connectivity index (χ1v) is 5.80. The van der Waals surface area contributed by atoms with Gasteiger partial charge in [-0.2, -0.15) is 0 Å². The van der Waals surface area contributed by atoms with E-state index in [1.165, 1.54) is 6.92 Å². The molecule has 6 nitrogen and oxygen atoms in total. The van der Waals surface area contributed by atoms with E-state index in [0.29, 0.717) is 6.07 Å². The summed E-state index contributed by atoms with van der Waals surface area (Å²) in [4.78, 5) is 33.3. The van der Waals surface area contributed by atoms with Gasteiger partial charge in [0, 0.05) is 20.0 Å². The summed E-state index contributed by atoms with van der Waals surface area (Å²) < 4.78 is 38.9. The number of nitrogens with one attached hydrogen (secondary N) is 3. The number of carbonyl (C=O) groups is 3. The van der Waals surface area contributed by atoms with Crippen LogP contribution in [0.15, 0.2) is 12.1 Å². The summed E-state index contributed by atoms with van der Waals surface area (Å²) in [6.45, 7) is 1.36. The fourth-order valence-corrected chi connectivity index (χ4v) is 1.30. The summed E-state index contributed by atoms with van der Waals surface area (Å²) in [5, 5.41) is 6.33. The van der Waals surface area contributed by atoms with Crippen LogP contribution in [0.4, 0.5) is 18.9 Å². The lowest BCUT2D eigenvalue weighted by Crippen LogP contribution is -2.39. The van der Waals surface area contributed by atoms with Gasteiger partial charge in [0.1, 0.15) is 0 Å². The van der Waals surface area contributed by atoms with Gasteiger partial charge in [-0.3, -0.25) is 14.4 Å². The molecule has 0 radical (unpaired) electrons. The molecule has 0 aliphatic heterocycles. The Balaban J connectivity index is 2.55. The third kappa shape index (κ3) is 4.79. The van der Waals surface area contributed by atoms with Crippen LogP contribution in [-0.2, 0) is 14.4 Å². The van der Waals surface area contributed by atoms with Crippen molar-refractivity contribution in [2.75, 3.05) is 18.4 Å². The third-order valence-electron chi connectivity index (χ3n) is 2.27. The predicted molar refractivity (Wildman–Crippen MR) is 66.6 cm³/mol. The molecule has 1 aromatic carbocycles. The number of halogens is 3. The highest BCUT2D eigenvalue weighted by atomic mass is 19.2. The van der Waals surface area contributed by atoms with Crippen LogP contribution in [0.5, 0.6) is 0 Å². The Kier molecular flexibility index (Phi) is 5.70. The van der Waals surface area contributed by atoms with Crippen LogP contribution < -0.4 is 16.0 Å². The first-order valence-electron chi connectivity index (χ1n) is 5.80. The first kappa shape index (κ1) is 16.5. The summed E-state index contributed by atoms with van der Waals surface area (Å²) in [7, 11) is 0. The summed E-state index contributed by atoms with van der Waals surface area (Å²) in [6.07, 6.45) is 0. The van der Waals surface area contributed by atoms with Crippen molar-refractivity contribution in [2.45, 2.75) is 6.92 Å². The van der Waals surface area contributed by atoms with E-state index in [2.05, 4.69) is 10.6 Å². The highest BCUT2D eigenvalue weighted by molar-refractivity contribution is 6.39. The maximum atomic E-state index is 13.3. The molecule has 0 aromatic heterocycles. The predicted octanol–water partition coefficient (Wildman–Crippen LogP) is 0.295. The van der Waals surface area contributed by atoms with Crippen molar-refractivity contribution in [3.63, 3.8) is 0 Å². The van der Waals surface area contributed by atoms with Gasteiger partial charge in [0.2, 0.25) is 5.91 Å². The molecule has 9 heteroatoms. The number of amides is 3. The Labute approximate surface area is 117 Å². The zero-order valence-corrected chi connectivity index (χ0v) is 10.9. The Morgan fingerprint density at radius 1 is 0.952 bits per heavy atom. The summed E-state index contributed by atoms with van der Waals surface area (Å²) in [6, 6.07) is 1.40. The number of rotatable bonds is 4. The number of benzene rings is 1. The normalized spacial score (nSPS) is 9.90. The van der Waals surface area contributed by atoms with E-state index in [9.17, 15) is 27.6 Å². The molecule has 0 saturated carbocycles. The molecule has 114 valence electrons. The smallest absolute Gasteiger partial charge is 0.313 e. The van der Waals surface area contributed by atoms with Crippen molar-refractivity contribution >= 4 is 23.4 Å². The molecule has 0 saturated heterocycles. The molecule has 0 unspecified atom stereocenters. The molecule has 0 heterocycles. The van der Waals surface area contributed by atoms with Gasteiger partial charge in [-0.1, -0.05) is 0 Å². The molecule has 0 bridgehead atoms. The highest BCUT2D eigenvalue weighted by Gasteiger charge is 2.18. The number of hydrogen-bond acceptors (Lipinski definition) is 3. The molecule has 1 aromatic rings. The largest absolute Gasteiger partial charge is 0.355 e. The van der Waals surface area contributed by atoms with E-state index in [-0.39, 0.29) is 19.0 Å². The summed E-state index contributed by atoms with van der Waals surface area (Å²) >= 11 is 0. The second-order valence-corrected chi connectivity index (χ2v) is 3.92. The highest BCUT2D eigenvalue weighted by Crippen LogP contribution is 2.19. The van der Waals surface area contributed by atoms with E-state index < -0.39 is 35.0 Å². The Hall–Kier alpha value is -2.58. The van der Waals surface area contributed by atoms with E-state index in [0.717, 1.165) is 6.07 Å². The maximum absolute atomic E-state index is 13.3. The summed E-state index contributed by atoms with van der Waals surface area (Å²) in [5.74, 6) is -7.43. The molecule has 3 N–H and O–H groups in total. The first-order chi connectivity index (χ1) is 9.82. The van der Waals surface area contributed by atoms with Crippen LogP contribution in [0.2, 0.25) is 0 Å². The SMILES string of the molecule is CC(=O)NCCNC(=O)C(=O)Nc1ccc(F)c(F)c1F. The maximum Gasteiger partial charge on any atom is 0.313 e. The van der Waals surface area contributed by atoms with Crippen LogP contribution in [-0.4, -0.2) is 30.8 Å². The minimum atomic E-state index is -1.75. The zero-order chi connectivity index (χ0) is 16.0. The van der Waals surface area contributed by atoms with Gasteiger partial charge in [-0.15, -0.1) is 0 Å². The second kappa shape index (κ2) is 7.27. The molecule has 1 rings (SSSR count). The van der Waals surface area contributed by atoms with Crippen LogP contribution >= 0.6 is 0 Å². The van der Waals surface area contributed by atoms with Crippen molar-refractivity contribution in [1.82, 2.24) is 10.6 Å². The van der Waals surface area contributed by atoms with E-state index in [4.69, 9.17) is 0 Å². The molecule has 0 aliphatic carbocycles. The minimum Gasteiger partial charge on any atom is -0.355 e. The van der Waals surface area contributed by atoms with Gasteiger partial charge < -0.3 is 16.0 Å². The van der Waals surface area contributed by atoms with Crippen molar-refractivity contribution in [1.29, 1.82) is 0 Å². The van der Waals surface area contributed by atoms with Crippen molar-refractivity contribution < 1.29 is 27.6 Å². The van der Waals surface area contributed by atoms with E-state index in [1.54, 1.807) is 0 Å². The van der Waals surface area contributed by atoms with Gasteiger partial charge >= 0.3 is 11.8 Å². The molecule has 0 aliphatic rings. The number of carbonyl (C=O) groups excluding carboxylic acids is 3. The fraction of sp³-hybridized carbons (Fsp3) is 0.250.